The van der Waals surface area contributed by atoms with Crippen molar-refractivity contribution in [3.8, 4) is 11.5 Å². The molecule has 0 saturated heterocycles. The first-order chi connectivity index (χ1) is 11.3. The van der Waals surface area contributed by atoms with E-state index in [1.54, 1.807) is 26.6 Å². The van der Waals surface area contributed by atoms with Gasteiger partial charge in [-0.25, -0.2) is 0 Å². The fraction of sp³-hybridized carbons (Fsp3) is 0.111. The fourth-order valence-corrected chi connectivity index (χ4v) is 2.22. The summed E-state index contributed by atoms with van der Waals surface area (Å²) in [6.45, 7) is 0. The van der Waals surface area contributed by atoms with E-state index in [9.17, 15) is 0 Å². The number of rotatable bonds is 5. The second-order valence-electron chi connectivity index (χ2n) is 4.88. The first-order valence-electron chi connectivity index (χ1n) is 7.16. The van der Waals surface area contributed by atoms with Crippen LogP contribution in [0.15, 0.2) is 59.8 Å². The summed E-state index contributed by atoms with van der Waals surface area (Å²) in [5.41, 5.74) is 5.79. The molecule has 0 aliphatic carbocycles. The number of hydrogen-bond acceptors (Lipinski definition) is 5. The van der Waals surface area contributed by atoms with Crippen LogP contribution in [0, 0.1) is 0 Å². The average Bonchev–Trinajstić information content (AvgIpc) is 2.62. The molecule has 0 aliphatic rings. The first-order valence-corrected chi connectivity index (χ1v) is 7.16. The maximum atomic E-state index is 5.22. The number of ether oxygens (including phenoxy) is 2. The van der Waals surface area contributed by atoms with Crippen molar-refractivity contribution in [3.63, 3.8) is 0 Å². The van der Waals surface area contributed by atoms with Crippen LogP contribution in [0.1, 0.15) is 5.56 Å². The molecule has 3 aromatic rings. The van der Waals surface area contributed by atoms with Gasteiger partial charge in [-0.2, -0.15) is 5.10 Å². The average molecular weight is 307 g/mol. The molecule has 0 bridgehead atoms. The van der Waals surface area contributed by atoms with Crippen LogP contribution in [0.2, 0.25) is 0 Å². The van der Waals surface area contributed by atoms with Crippen LogP contribution in [0.3, 0.4) is 0 Å². The Morgan fingerprint density at radius 1 is 0.957 bits per heavy atom. The van der Waals surface area contributed by atoms with E-state index in [0.29, 0.717) is 0 Å². The Kier molecular flexibility index (Phi) is 4.38. The molecule has 0 amide bonds. The van der Waals surface area contributed by atoms with Crippen LogP contribution in [0.5, 0.6) is 11.5 Å². The standard InChI is InChI=1S/C18H17N3O2/c1-22-14-5-3-13(4-6-14)12-20-21-17-9-10-19-18-11-15(23-2)7-8-16(17)18/h3-12H,1-2H3,(H,19,21)/b20-12+. The van der Waals surface area contributed by atoms with Gasteiger partial charge in [-0.05, 0) is 48.0 Å². The third-order valence-electron chi connectivity index (χ3n) is 3.46. The Labute approximate surface area is 134 Å². The largest absolute Gasteiger partial charge is 0.497 e. The summed E-state index contributed by atoms with van der Waals surface area (Å²) in [5, 5.41) is 5.27. The highest BCUT2D eigenvalue weighted by atomic mass is 16.5. The van der Waals surface area contributed by atoms with Crippen LogP contribution >= 0.6 is 0 Å². The van der Waals surface area contributed by atoms with Gasteiger partial charge in [0.1, 0.15) is 11.5 Å². The van der Waals surface area contributed by atoms with E-state index in [2.05, 4.69) is 15.5 Å². The Hall–Kier alpha value is -3.08. The van der Waals surface area contributed by atoms with Gasteiger partial charge in [0.2, 0.25) is 0 Å². The van der Waals surface area contributed by atoms with Gasteiger partial charge >= 0.3 is 0 Å². The molecule has 0 spiro atoms. The van der Waals surface area contributed by atoms with Crippen molar-refractivity contribution in [1.29, 1.82) is 0 Å². The predicted molar refractivity (Wildman–Crippen MR) is 92.5 cm³/mol. The number of hydrogen-bond donors (Lipinski definition) is 1. The van der Waals surface area contributed by atoms with E-state index in [4.69, 9.17) is 9.47 Å². The lowest BCUT2D eigenvalue weighted by atomic mass is 10.2. The van der Waals surface area contributed by atoms with Gasteiger partial charge in [-0.3, -0.25) is 10.4 Å². The molecule has 5 nitrogen and oxygen atoms in total. The van der Waals surface area contributed by atoms with E-state index in [1.165, 1.54) is 0 Å². The van der Waals surface area contributed by atoms with E-state index < -0.39 is 0 Å². The van der Waals surface area contributed by atoms with Crippen molar-refractivity contribution in [2.24, 2.45) is 5.10 Å². The first kappa shape index (κ1) is 14.8. The molecule has 1 heterocycles. The number of nitrogens with zero attached hydrogens (tertiary/aromatic N) is 2. The molecular formula is C18H17N3O2. The molecule has 2 aromatic carbocycles. The number of aromatic nitrogens is 1. The fourth-order valence-electron chi connectivity index (χ4n) is 2.22. The molecule has 1 aromatic heterocycles. The minimum atomic E-state index is 0.781. The third kappa shape index (κ3) is 3.40. The molecule has 0 radical (unpaired) electrons. The summed E-state index contributed by atoms with van der Waals surface area (Å²) in [6, 6.07) is 15.3. The quantitative estimate of drug-likeness (QED) is 0.577. The minimum absolute atomic E-state index is 0.781. The van der Waals surface area contributed by atoms with Gasteiger partial charge in [0.15, 0.2) is 0 Å². The summed E-state index contributed by atoms with van der Waals surface area (Å²) in [5.74, 6) is 1.60. The lowest BCUT2D eigenvalue weighted by Gasteiger charge is -2.06. The topological polar surface area (TPSA) is 55.7 Å². The normalized spacial score (nSPS) is 10.9. The van der Waals surface area contributed by atoms with Crippen molar-refractivity contribution >= 4 is 22.8 Å². The number of nitrogens with one attached hydrogen (secondary N) is 1. The molecule has 0 aliphatic heterocycles. The molecule has 0 fully saturated rings. The number of pyridine rings is 1. The van der Waals surface area contributed by atoms with E-state index >= 15 is 0 Å². The Morgan fingerprint density at radius 3 is 2.43 bits per heavy atom. The monoisotopic (exact) mass is 307 g/mol. The third-order valence-corrected chi connectivity index (χ3v) is 3.46. The molecular weight excluding hydrogens is 290 g/mol. The highest BCUT2D eigenvalue weighted by Crippen LogP contribution is 2.25. The van der Waals surface area contributed by atoms with Crippen molar-refractivity contribution in [3.05, 3.63) is 60.3 Å². The van der Waals surface area contributed by atoms with Gasteiger partial charge in [0.05, 0.1) is 31.6 Å². The van der Waals surface area contributed by atoms with Crippen LogP contribution in [0.25, 0.3) is 10.9 Å². The number of anilines is 1. The van der Waals surface area contributed by atoms with E-state index in [0.717, 1.165) is 33.7 Å². The SMILES string of the molecule is COc1ccc(/C=N/Nc2ccnc3cc(OC)ccc23)cc1. The molecule has 116 valence electrons. The summed E-state index contributed by atoms with van der Waals surface area (Å²) < 4.78 is 10.4. The molecule has 3 rings (SSSR count). The minimum Gasteiger partial charge on any atom is -0.497 e. The van der Waals surface area contributed by atoms with Crippen LogP contribution in [-0.2, 0) is 0 Å². The zero-order chi connectivity index (χ0) is 16.1. The van der Waals surface area contributed by atoms with Gasteiger partial charge in [0, 0.05) is 17.6 Å². The van der Waals surface area contributed by atoms with Crippen molar-refractivity contribution in [2.75, 3.05) is 19.6 Å². The molecule has 0 unspecified atom stereocenters. The highest BCUT2D eigenvalue weighted by molar-refractivity contribution is 5.92. The Bertz CT molecular complexity index is 829. The zero-order valence-electron chi connectivity index (χ0n) is 13.0. The molecule has 23 heavy (non-hydrogen) atoms. The van der Waals surface area contributed by atoms with Crippen molar-refractivity contribution < 1.29 is 9.47 Å². The van der Waals surface area contributed by atoms with Crippen molar-refractivity contribution in [2.45, 2.75) is 0 Å². The molecule has 0 atom stereocenters. The van der Waals surface area contributed by atoms with Crippen molar-refractivity contribution in [1.82, 2.24) is 4.98 Å². The van der Waals surface area contributed by atoms with Crippen LogP contribution < -0.4 is 14.9 Å². The van der Waals surface area contributed by atoms with Crippen LogP contribution in [0.4, 0.5) is 5.69 Å². The smallest absolute Gasteiger partial charge is 0.121 e. The number of benzene rings is 2. The lowest BCUT2D eigenvalue weighted by Crippen LogP contribution is -1.93. The Morgan fingerprint density at radius 2 is 1.70 bits per heavy atom. The summed E-state index contributed by atoms with van der Waals surface area (Å²) in [6.07, 6.45) is 3.50. The maximum absolute atomic E-state index is 5.22. The maximum Gasteiger partial charge on any atom is 0.121 e. The lowest BCUT2D eigenvalue weighted by molar-refractivity contribution is 0.415. The predicted octanol–water partition coefficient (Wildman–Crippen LogP) is 3.70. The summed E-state index contributed by atoms with van der Waals surface area (Å²) in [7, 11) is 3.29. The second-order valence-corrected chi connectivity index (χ2v) is 4.88. The second kappa shape index (κ2) is 6.79. The number of hydrazone groups is 1. The zero-order valence-corrected chi connectivity index (χ0v) is 13.0. The molecule has 5 heteroatoms. The van der Waals surface area contributed by atoms with Crippen LogP contribution in [-0.4, -0.2) is 25.4 Å². The van der Waals surface area contributed by atoms with Gasteiger partial charge in [-0.15, -0.1) is 0 Å². The Balaban J connectivity index is 1.79. The highest BCUT2D eigenvalue weighted by Gasteiger charge is 2.02. The number of fused-ring (bicyclic) bond motifs is 1. The van der Waals surface area contributed by atoms with E-state index in [-0.39, 0.29) is 0 Å². The molecule has 1 N–H and O–H groups in total. The van der Waals surface area contributed by atoms with Gasteiger partial charge in [0.25, 0.3) is 0 Å². The summed E-state index contributed by atoms with van der Waals surface area (Å²) >= 11 is 0. The molecule has 0 saturated carbocycles. The van der Waals surface area contributed by atoms with Gasteiger partial charge in [-0.1, -0.05) is 0 Å². The van der Waals surface area contributed by atoms with E-state index in [1.807, 2.05) is 48.5 Å². The van der Waals surface area contributed by atoms with Gasteiger partial charge < -0.3 is 9.47 Å². The summed E-state index contributed by atoms with van der Waals surface area (Å²) in [4.78, 5) is 4.35. The number of methoxy groups -OCH3 is 2.